The van der Waals surface area contributed by atoms with Gasteiger partial charge in [0, 0.05) is 19.3 Å². The normalized spacial score (nSPS) is 17.4. The van der Waals surface area contributed by atoms with E-state index >= 15 is 0 Å². The Balaban J connectivity index is 1.54. The first kappa shape index (κ1) is 22.1. The van der Waals surface area contributed by atoms with Crippen LogP contribution in [0.15, 0.2) is 35.8 Å². The third-order valence-corrected chi connectivity index (χ3v) is 6.11. The minimum atomic E-state index is -0.546. The Labute approximate surface area is 191 Å². The van der Waals surface area contributed by atoms with E-state index in [1.807, 2.05) is 57.3 Å². The summed E-state index contributed by atoms with van der Waals surface area (Å²) in [6.45, 7) is 8.33. The topological polar surface area (TPSA) is 97.3 Å². The lowest BCUT2D eigenvalue weighted by Crippen LogP contribution is -2.33. The summed E-state index contributed by atoms with van der Waals surface area (Å²) in [5, 5.41) is 5.15. The van der Waals surface area contributed by atoms with E-state index in [9.17, 15) is 9.59 Å². The maximum atomic E-state index is 13.4. The summed E-state index contributed by atoms with van der Waals surface area (Å²) >= 11 is 1.44. The fraction of sp³-hybridized carbons (Fsp3) is 0.435. The first-order valence-corrected chi connectivity index (χ1v) is 11.5. The largest absolute Gasteiger partial charge is 0.460 e. The van der Waals surface area contributed by atoms with Gasteiger partial charge < -0.3 is 15.0 Å². The number of amides is 1. The highest BCUT2D eigenvalue weighted by Gasteiger charge is 2.35. The summed E-state index contributed by atoms with van der Waals surface area (Å²) in [5.74, 6) is -0.399. The summed E-state index contributed by atoms with van der Waals surface area (Å²) < 4.78 is 6.24. The molecule has 1 N–H and O–H groups in total. The van der Waals surface area contributed by atoms with Gasteiger partial charge in [0.25, 0.3) is 5.91 Å². The van der Waals surface area contributed by atoms with E-state index in [4.69, 9.17) is 4.74 Å². The molecule has 3 aromatic rings. The molecule has 1 fully saturated rings. The summed E-state index contributed by atoms with van der Waals surface area (Å²) in [6, 6.07) is 7.46. The van der Waals surface area contributed by atoms with Crippen molar-refractivity contribution in [3.63, 3.8) is 0 Å². The molecule has 4 rings (SSSR count). The van der Waals surface area contributed by atoms with Gasteiger partial charge in [0.15, 0.2) is 5.69 Å². The molecule has 8 nitrogen and oxygen atoms in total. The molecule has 0 saturated carbocycles. The van der Waals surface area contributed by atoms with Gasteiger partial charge in [-0.2, -0.15) is 0 Å². The molecule has 0 spiro atoms. The van der Waals surface area contributed by atoms with E-state index in [0.717, 1.165) is 10.4 Å². The first-order chi connectivity index (χ1) is 15.2. The Bertz CT molecular complexity index is 1130. The van der Waals surface area contributed by atoms with Gasteiger partial charge in [-0.25, -0.2) is 9.97 Å². The zero-order valence-electron chi connectivity index (χ0n) is 18.7. The minimum absolute atomic E-state index is 0.126. The molecule has 1 saturated heterocycles. The number of hydrogen-bond acceptors (Lipinski definition) is 8. The highest BCUT2D eigenvalue weighted by atomic mass is 32.1. The van der Waals surface area contributed by atoms with Gasteiger partial charge in [-0.15, -0.1) is 11.3 Å². The van der Waals surface area contributed by atoms with E-state index in [2.05, 4.69) is 20.3 Å². The van der Waals surface area contributed by atoms with E-state index in [1.54, 1.807) is 11.1 Å². The van der Waals surface area contributed by atoms with Crippen molar-refractivity contribution in [3.05, 3.63) is 47.2 Å². The predicted octanol–water partition coefficient (Wildman–Crippen LogP) is 4.06. The van der Waals surface area contributed by atoms with Crippen LogP contribution in [0, 0.1) is 5.92 Å². The number of anilines is 1. The number of thiophene rings is 1. The number of esters is 1. The Morgan fingerprint density at radius 3 is 2.78 bits per heavy atom. The van der Waals surface area contributed by atoms with Crippen LogP contribution >= 0.6 is 11.3 Å². The van der Waals surface area contributed by atoms with Crippen LogP contribution in [0.2, 0.25) is 0 Å². The van der Waals surface area contributed by atoms with Crippen LogP contribution in [-0.4, -0.2) is 50.4 Å². The molecule has 2 atom stereocenters. The number of pyridine rings is 1. The maximum Gasteiger partial charge on any atom is 0.311 e. The van der Waals surface area contributed by atoms with E-state index in [-0.39, 0.29) is 23.8 Å². The summed E-state index contributed by atoms with van der Waals surface area (Å²) in [5.41, 5.74) is 1.38. The van der Waals surface area contributed by atoms with Gasteiger partial charge in [0.05, 0.1) is 27.9 Å². The zero-order chi connectivity index (χ0) is 22.9. The van der Waals surface area contributed by atoms with Crippen molar-refractivity contribution in [3.8, 4) is 0 Å². The average Bonchev–Trinajstić information content (AvgIpc) is 3.42. The molecule has 168 valence electrons. The quantitative estimate of drug-likeness (QED) is 0.582. The van der Waals surface area contributed by atoms with Crippen molar-refractivity contribution in [1.82, 2.24) is 19.9 Å². The predicted molar refractivity (Wildman–Crippen MR) is 124 cm³/mol. The standard InChI is InChI=1S/C23H27N5O3S/c1-14(16-7-5-6-10-24-16)25-22-26-17-9-12-32-19(17)18(27-22)20(29)28-11-8-15(13-28)21(30)31-23(2,3)4/h5-7,9-10,12,14-15H,8,11,13H2,1-4H3,(H,25,26,27)/t14-,15?/m0/s1. The van der Waals surface area contributed by atoms with Crippen molar-refractivity contribution in [1.29, 1.82) is 0 Å². The molecule has 0 aliphatic carbocycles. The minimum Gasteiger partial charge on any atom is -0.460 e. The SMILES string of the molecule is C[C@H](Nc1nc(C(=O)N2CCC(C(=O)OC(C)(C)C)C2)c2sccc2n1)c1ccccn1. The number of fused-ring (bicyclic) bond motifs is 1. The van der Waals surface area contributed by atoms with Gasteiger partial charge in [0.2, 0.25) is 5.95 Å². The van der Waals surface area contributed by atoms with Gasteiger partial charge in [-0.05, 0) is 57.7 Å². The van der Waals surface area contributed by atoms with Crippen LogP contribution in [0.3, 0.4) is 0 Å². The van der Waals surface area contributed by atoms with Gasteiger partial charge in [0.1, 0.15) is 5.60 Å². The maximum absolute atomic E-state index is 13.4. The second-order valence-corrected chi connectivity index (χ2v) is 9.84. The Kier molecular flexibility index (Phi) is 6.10. The Morgan fingerprint density at radius 1 is 1.25 bits per heavy atom. The van der Waals surface area contributed by atoms with Gasteiger partial charge >= 0.3 is 5.97 Å². The van der Waals surface area contributed by atoms with E-state index in [0.29, 0.717) is 36.7 Å². The molecule has 1 aliphatic rings. The fourth-order valence-electron chi connectivity index (χ4n) is 3.64. The summed E-state index contributed by atoms with van der Waals surface area (Å²) in [7, 11) is 0. The molecule has 0 bridgehead atoms. The number of carbonyl (C=O) groups is 2. The van der Waals surface area contributed by atoms with Crippen molar-refractivity contribution in [2.24, 2.45) is 5.92 Å². The highest BCUT2D eigenvalue weighted by molar-refractivity contribution is 7.17. The summed E-state index contributed by atoms with van der Waals surface area (Å²) in [6.07, 6.45) is 2.32. The first-order valence-electron chi connectivity index (χ1n) is 10.7. The molecule has 1 aliphatic heterocycles. The number of nitrogens with one attached hydrogen (secondary N) is 1. The molecule has 3 aromatic heterocycles. The lowest BCUT2D eigenvalue weighted by molar-refractivity contribution is -0.159. The van der Waals surface area contributed by atoms with Crippen LogP contribution in [0.4, 0.5) is 5.95 Å². The Hall–Kier alpha value is -3.07. The monoisotopic (exact) mass is 453 g/mol. The third kappa shape index (κ3) is 4.88. The van der Waals surface area contributed by atoms with Crippen LogP contribution < -0.4 is 5.32 Å². The summed E-state index contributed by atoms with van der Waals surface area (Å²) in [4.78, 5) is 41.0. The molecule has 1 amide bonds. The van der Waals surface area contributed by atoms with E-state index in [1.165, 1.54) is 11.3 Å². The molecule has 32 heavy (non-hydrogen) atoms. The van der Waals surface area contributed by atoms with E-state index < -0.39 is 5.60 Å². The number of rotatable bonds is 5. The Morgan fingerprint density at radius 2 is 2.06 bits per heavy atom. The fourth-order valence-corrected chi connectivity index (χ4v) is 4.46. The van der Waals surface area contributed by atoms with Gasteiger partial charge in [-0.3, -0.25) is 14.6 Å². The third-order valence-electron chi connectivity index (χ3n) is 5.20. The molecular weight excluding hydrogens is 426 g/mol. The molecule has 1 unspecified atom stereocenters. The number of carbonyl (C=O) groups excluding carboxylic acids is 2. The van der Waals surface area contributed by atoms with Crippen molar-refractivity contribution >= 4 is 39.4 Å². The second kappa shape index (κ2) is 8.82. The molecule has 0 radical (unpaired) electrons. The van der Waals surface area contributed by atoms with Crippen LogP contribution in [0.1, 0.15) is 56.3 Å². The molecule has 4 heterocycles. The average molecular weight is 454 g/mol. The van der Waals surface area contributed by atoms with Crippen LogP contribution in [0.5, 0.6) is 0 Å². The smallest absolute Gasteiger partial charge is 0.311 e. The molecule has 0 aromatic carbocycles. The number of aromatic nitrogens is 3. The van der Waals surface area contributed by atoms with Gasteiger partial charge in [-0.1, -0.05) is 6.07 Å². The second-order valence-electron chi connectivity index (χ2n) is 8.92. The lowest BCUT2D eigenvalue weighted by atomic mass is 10.1. The molecular formula is C23H27N5O3S. The zero-order valence-corrected chi connectivity index (χ0v) is 19.5. The highest BCUT2D eigenvalue weighted by Crippen LogP contribution is 2.28. The van der Waals surface area contributed by atoms with Crippen molar-refractivity contribution in [2.75, 3.05) is 18.4 Å². The lowest BCUT2D eigenvalue weighted by Gasteiger charge is -2.22. The van der Waals surface area contributed by atoms with Crippen LogP contribution in [0.25, 0.3) is 10.2 Å². The number of ether oxygens (including phenoxy) is 1. The number of nitrogens with zero attached hydrogens (tertiary/aromatic N) is 4. The number of hydrogen-bond donors (Lipinski definition) is 1. The van der Waals surface area contributed by atoms with Crippen LogP contribution in [-0.2, 0) is 9.53 Å². The molecule has 9 heteroatoms. The number of likely N-dealkylation sites (tertiary alicyclic amines) is 1. The van der Waals surface area contributed by atoms with Crippen molar-refractivity contribution in [2.45, 2.75) is 45.8 Å². The van der Waals surface area contributed by atoms with Crippen molar-refractivity contribution < 1.29 is 14.3 Å².